The van der Waals surface area contributed by atoms with Crippen LogP contribution in [0.15, 0.2) is 36.4 Å². The van der Waals surface area contributed by atoms with Crippen LogP contribution >= 0.6 is 0 Å². The molecule has 3 rings (SSSR count). The highest BCUT2D eigenvalue weighted by atomic mass is 16.5. The van der Waals surface area contributed by atoms with Crippen LogP contribution in [0, 0.1) is 5.92 Å². The molecule has 0 spiro atoms. The van der Waals surface area contributed by atoms with E-state index < -0.39 is 0 Å². The summed E-state index contributed by atoms with van der Waals surface area (Å²) in [5, 5.41) is 2.51. The molecule has 0 saturated carbocycles. The summed E-state index contributed by atoms with van der Waals surface area (Å²) >= 11 is 0. The van der Waals surface area contributed by atoms with Crippen molar-refractivity contribution in [2.45, 2.75) is 104 Å². The van der Waals surface area contributed by atoms with Gasteiger partial charge in [-0.2, -0.15) is 0 Å². The predicted octanol–water partition coefficient (Wildman–Crippen LogP) is 8.96. The molecule has 174 valence electrons. The third-order valence-electron chi connectivity index (χ3n) is 6.67. The lowest BCUT2D eigenvalue weighted by Gasteiger charge is -2.23. The van der Waals surface area contributed by atoms with Gasteiger partial charge in [-0.3, -0.25) is 4.79 Å². The Bertz CT molecular complexity index is 893. The summed E-state index contributed by atoms with van der Waals surface area (Å²) in [5.74, 6) is 0.535. The molecule has 0 aliphatic heterocycles. The molecule has 2 heteroatoms. The molecule has 0 heterocycles. The van der Waals surface area contributed by atoms with Gasteiger partial charge in [0.1, 0.15) is 6.10 Å². The fourth-order valence-corrected chi connectivity index (χ4v) is 4.82. The van der Waals surface area contributed by atoms with E-state index in [1.54, 1.807) is 0 Å². The SMILES string of the molecule is CCCCCCCCCCc1ccc2cccc3c2c1C=CC3OC(=O)CCCC(C)C. The molecule has 1 aliphatic rings. The molecule has 0 N–H and O–H groups in total. The zero-order chi connectivity index (χ0) is 22.8. The maximum Gasteiger partial charge on any atom is 0.306 e. The van der Waals surface area contributed by atoms with Crippen LogP contribution in [0.1, 0.15) is 114 Å². The monoisotopic (exact) mass is 434 g/mol. The van der Waals surface area contributed by atoms with E-state index in [0.717, 1.165) is 24.8 Å². The number of unbranched alkanes of at least 4 members (excludes halogenated alkanes) is 7. The van der Waals surface area contributed by atoms with Crippen LogP contribution in [-0.4, -0.2) is 5.97 Å². The summed E-state index contributed by atoms with van der Waals surface area (Å²) in [6.07, 6.45) is 18.4. The van der Waals surface area contributed by atoms with Crippen LogP contribution in [0.4, 0.5) is 0 Å². The zero-order valence-electron chi connectivity index (χ0n) is 20.5. The molecule has 1 atom stereocenters. The minimum Gasteiger partial charge on any atom is -0.453 e. The summed E-state index contributed by atoms with van der Waals surface area (Å²) < 4.78 is 5.89. The zero-order valence-corrected chi connectivity index (χ0v) is 20.5. The first-order valence-corrected chi connectivity index (χ1v) is 13.0. The van der Waals surface area contributed by atoms with E-state index in [9.17, 15) is 4.79 Å². The summed E-state index contributed by atoms with van der Waals surface area (Å²) in [6.45, 7) is 6.66. The van der Waals surface area contributed by atoms with Gasteiger partial charge in [-0.25, -0.2) is 0 Å². The van der Waals surface area contributed by atoms with Crippen molar-refractivity contribution in [3.05, 3.63) is 53.1 Å². The summed E-state index contributed by atoms with van der Waals surface area (Å²) in [7, 11) is 0. The molecule has 2 aromatic carbocycles. The van der Waals surface area contributed by atoms with Crippen molar-refractivity contribution >= 4 is 22.8 Å². The Labute approximate surface area is 195 Å². The van der Waals surface area contributed by atoms with Crippen LogP contribution in [-0.2, 0) is 16.0 Å². The number of rotatable bonds is 14. The van der Waals surface area contributed by atoms with Crippen molar-refractivity contribution in [1.82, 2.24) is 0 Å². The highest BCUT2D eigenvalue weighted by Crippen LogP contribution is 2.37. The maximum atomic E-state index is 12.4. The van der Waals surface area contributed by atoms with E-state index >= 15 is 0 Å². The van der Waals surface area contributed by atoms with Crippen LogP contribution in [0.5, 0.6) is 0 Å². The topological polar surface area (TPSA) is 26.3 Å². The van der Waals surface area contributed by atoms with Crippen molar-refractivity contribution < 1.29 is 9.53 Å². The maximum absolute atomic E-state index is 12.4. The smallest absolute Gasteiger partial charge is 0.306 e. The average molecular weight is 435 g/mol. The van der Waals surface area contributed by atoms with E-state index in [4.69, 9.17) is 4.74 Å². The Kier molecular flexibility index (Phi) is 9.84. The second kappa shape index (κ2) is 12.8. The summed E-state index contributed by atoms with van der Waals surface area (Å²) in [5.41, 5.74) is 3.89. The van der Waals surface area contributed by atoms with Gasteiger partial charge in [0, 0.05) is 12.0 Å². The largest absolute Gasteiger partial charge is 0.453 e. The Balaban J connectivity index is 1.61. The van der Waals surface area contributed by atoms with Gasteiger partial charge in [0.05, 0.1) is 0 Å². The molecule has 2 aromatic rings. The highest BCUT2D eigenvalue weighted by molar-refractivity contribution is 5.97. The van der Waals surface area contributed by atoms with Crippen molar-refractivity contribution in [2.24, 2.45) is 5.92 Å². The van der Waals surface area contributed by atoms with Crippen molar-refractivity contribution in [3.8, 4) is 0 Å². The lowest BCUT2D eigenvalue weighted by Crippen LogP contribution is -2.12. The van der Waals surface area contributed by atoms with Crippen LogP contribution in [0.25, 0.3) is 16.8 Å². The van der Waals surface area contributed by atoms with Gasteiger partial charge in [0.25, 0.3) is 0 Å². The molecule has 0 radical (unpaired) electrons. The average Bonchev–Trinajstić information content (AvgIpc) is 2.78. The molecule has 0 amide bonds. The number of aryl methyl sites for hydroxylation is 1. The molecule has 1 unspecified atom stereocenters. The minimum absolute atomic E-state index is 0.0872. The molecule has 0 saturated heterocycles. The summed E-state index contributed by atoms with van der Waals surface area (Å²) in [4.78, 5) is 12.4. The number of benzene rings is 2. The first-order valence-electron chi connectivity index (χ1n) is 13.0. The number of carbonyl (C=O) groups is 1. The van der Waals surface area contributed by atoms with E-state index in [2.05, 4.69) is 63.3 Å². The molecular formula is C30H42O2. The second-order valence-electron chi connectivity index (χ2n) is 9.86. The van der Waals surface area contributed by atoms with Crippen LogP contribution in [0.3, 0.4) is 0 Å². The van der Waals surface area contributed by atoms with E-state index in [-0.39, 0.29) is 12.1 Å². The molecule has 0 aromatic heterocycles. The Morgan fingerprint density at radius 1 is 0.938 bits per heavy atom. The van der Waals surface area contributed by atoms with E-state index in [1.807, 2.05) is 0 Å². The number of hydrogen-bond donors (Lipinski definition) is 0. The standard InChI is InChI=1S/C30H42O2/c1-4-5-6-7-8-9-10-11-15-24-19-20-25-16-13-17-27-28(22-21-26(24)30(25)27)32-29(31)18-12-14-23(2)3/h13,16-17,19-23,28H,4-12,14-15,18H2,1-3H3. The normalized spacial score (nSPS) is 14.9. The Morgan fingerprint density at radius 3 is 2.44 bits per heavy atom. The minimum atomic E-state index is -0.267. The number of hydrogen-bond acceptors (Lipinski definition) is 2. The van der Waals surface area contributed by atoms with Gasteiger partial charge in [-0.1, -0.05) is 109 Å². The molecule has 1 aliphatic carbocycles. The Hall–Kier alpha value is -2.09. The molecule has 32 heavy (non-hydrogen) atoms. The third kappa shape index (κ3) is 6.95. The van der Waals surface area contributed by atoms with Crippen molar-refractivity contribution in [2.75, 3.05) is 0 Å². The number of ether oxygens (including phenoxy) is 1. The van der Waals surface area contributed by atoms with E-state index in [1.165, 1.54) is 73.3 Å². The quantitative estimate of drug-likeness (QED) is 0.219. The van der Waals surface area contributed by atoms with Crippen molar-refractivity contribution in [3.63, 3.8) is 0 Å². The molecule has 0 fully saturated rings. The van der Waals surface area contributed by atoms with Gasteiger partial charge in [-0.05, 0) is 53.2 Å². The Morgan fingerprint density at radius 2 is 1.69 bits per heavy atom. The first-order chi connectivity index (χ1) is 15.6. The molecule has 2 nitrogen and oxygen atoms in total. The van der Waals surface area contributed by atoms with Gasteiger partial charge in [0.2, 0.25) is 0 Å². The molecular weight excluding hydrogens is 392 g/mol. The predicted molar refractivity (Wildman–Crippen MR) is 137 cm³/mol. The van der Waals surface area contributed by atoms with Gasteiger partial charge in [-0.15, -0.1) is 0 Å². The fraction of sp³-hybridized carbons (Fsp3) is 0.567. The van der Waals surface area contributed by atoms with Crippen LogP contribution in [0.2, 0.25) is 0 Å². The second-order valence-corrected chi connectivity index (χ2v) is 9.86. The van der Waals surface area contributed by atoms with Gasteiger partial charge < -0.3 is 4.74 Å². The fourth-order valence-electron chi connectivity index (χ4n) is 4.82. The first kappa shape index (κ1) is 24.6. The number of esters is 1. The van der Waals surface area contributed by atoms with Gasteiger partial charge >= 0.3 is 5.97 Å². The summed E-state index contributed by atoms with van der Waals surface area (Å²) in [6, 6.07) is 10.9. The number of carbonyl (C=O) groups excluding carboxylic acids is 1. The van der Waals surface area contributed by atoms with Crippen molar-refractivity contribution in [1.29, 1.82) is 0 Å². The van der Waals surface area contributed by atoms with E-state index in [0.29, 0.717) is 12.3 Å². The lowest BCUT2D eigenvalue weighted by atomic mass is 9.87. The van der Waals surface area contributed by atoms with Gasteiger partial charge in [0.15, 0.2) is 0 Å². The van der Waals surface area contributed by atoms with Crippen LogP contribution < -0.4 is 0 Å². The highest BCUT2D eigenvalue weighted by Gasteiger charge is 2.22. The third-order valence-corrected chi connectivity index (χ3v) is 6.67. The lowest BCUT2D eigenvalue weighted by molar-refractivity contribution is -0.147. The molecule has 0 bridgehead atoms.